The van der Waals surface area contributed by atoms with E-state index in [1.165, 1.54) is 22.5 Å². The summed E-state index contributed by atoms with van der Waals surface area (Å²) in [6.07, 6.45) is 0.116. The molecular weight excluding hydrogens is 332 g/mol. The summed E-state index contributed by atoms with van der Waals surface area (Å²) in [7, 11) is 0. The van der Waals surface area contributed by atoms with E-state index in [1.54, 1.807) is 0 Å². The zero-order valence-corrected chi connectivity index (χ0v) is 13.4. The SMILES string of the molecule is Cc1ccc(CC(O)c2cc(Cl)c(Br)s2)cc1C. The van der Waals surface area contributed by atoms with Crippen LogP contribution in [0.15, 0.2) is 28.1 Å². The van der Waals surface area contributed by atoms with E-state index >= 15 is 0 Å². The second-order valence-corrected chi connectivity index (χ2v) is 7.22. The van der Waals surface area contributed by atoms with E-state index in [9.17, 15) is 5.11 Å². The van der Waals surface area contributed by atoms with Crippen molar-refractivity contribution in [3.63, 3.8) is 0 Å². The molecule has 0 saturated carbocycles. The van der Waals surface area contributed by atoms with Gasteiger partial charge in [0.1, 0.15) is 0 Å². The largest absolute Gasteiger partial charge is 0.387 e. The van der Waals surface area contributed by atoms with E-state index in [0.717, 1.165) is 14.2 Å². The number of aliphatic hydroxyl groups excluding tert-OH is 1. The van der Waals surface area contributed by atoms with Crippen LogP contribution in [0, 0.1) is 13.8 Å². The lowest BCUT2D eigenvalue weighted by Gasteiger charge is -2.10. The van der Waals surface area contributed by atoms with Crippen LogP contribution in [-0.4, -0.2) is 5.11 Å². The molecule has 0 aliphatic carbocycles. The molecule has 2 rings (SSSR count). The molecule has 0 saturated heterocycles. The second-order valence-electron chi connectivity index (χ2n) is 4.41. The quantitative estimate of drug-likeness (QED) is 0.824. The molecular formula is C14H14BrClOS. The third kappa shape index (κ3) is 3.15. The highest BCUT2D eigenvalue weighted by molar-refractivity contribution is 9.11. The Morgan fingerprint density at radius 3 is 2.56 bits per heavy atom. The van der Waals surface area contributed by atoms with Gasteiger partial charge in [-0.25, -0.2) is 0 Å². The van der Waals surface area contributed by atoms with Crippen LogP contribution < -0.4 is 0 Å². The first-order chi connectivity index (χ1) is 8.47. The lowest BCUT2D eigenvalue weighted by atomic mass is 10.0. The van der Waals surface area contributed by atoms with Crippen LogP contribution in [0.1, 0.15) is 27.7 Å². The standard InChI is InChI=1S/C14H14BrClOS/c1-8-3-4-10(5-9(8)2)6-12(17)13-7-11(16)14(15)18-13/h3-5,7,12,17H,6H2,1-2H3. The number of halogens is 2. The van der Waals surface area contributed by atoms with Crippen LogP contribution in [0.3, 0.4) is 0 Å². The Morgan fingerprint density at radius 2 is 2.00 bits per heavy atom. The summed E-state index contributed by atoms with van der Waals surface area (Å²) in [5.41, 5.74) is 3.67. The number of aliphatic hydroxyl groups is 1. The fourth-order valence-electron chi connectivity index (χ4n) is 1.78. The topological polar surface area (TPSA) is 20.2 Å². The zero-order valence-electron chi connectivity index (χ0n) is 10.2. The maximum Gasteiger partial charge on any atom is 0.0923 e. The highest BCUT2D eigenvalue weighted by Gasteiger charge is 2.14. The first kappa shape index (κ1) is 14.1. The van der Waals surface area contributed by atoms with E-state index in [-0.39, 0.29) is 0 Å². The van der Waals surface area contributed by atoms with Crippen molar-refractivity contribution < 1.29 is 5.11 Å². The number of hydrogen-bond acceptors (Lipinski definition) is 2. The van der Waals surface area contributed by atoms with Crippen LogP contribution >= 0.6 is 38.9 Å². The molecule has 0 spiro atoms. The summed E-state index contributed by atoms with van der Waals surface area (Å²) in [6, 6.07) is 8.11. The predicted molar refractivity (Wildman–Crippen MR) is 81.6 cm³/mol. The monoisotopic (exact) mass is 344 g/mol. The molecule has 1 N–H and O–H groups in total. The summed E-state index contributed by atoms with van der Waals surface area (Å²) in [5, 5.41) is 10.9. The summed E-state index contributed by atoms with van der Waals surface area (Å²) in [5.74, 6) is 0. The number of aryl methyl sites for hydroxylation is 2. The Labute approximate surface area is 125 Å². The Morgan fingerprint density at radius 1 is 1.28 bits per heavy atom. The average Bonchev–Trinajstić information content (AvgIpc) is 2.65. The van der Waals surface area contributed by atoms with Crippen LogP contribution in [0.5, 0.6) is 0 Å². The Kier molecular flexibility index (Phi) is 4.49. The van der Waals surface area contributed by atoms with E-state index < -0.39 is 6.10 Å². The molecule has 0 aliphatic rings. The van der Waals surface area contributed by atoms with Gasteiger partial charge in [-0.2, -0.15) is 0 Å². The molecule has 4 heteroatoms. The van der Waals surface area contributed by atoms with Gasteiger partial charge < -0.3 is 5.11 Å². The molecule has 1 unspecified atom stereocenters. The van der Waals surface area contributed by atoms with Gasteiger partial charge >= 0.3 is 0 Å². The Hall–Kier alpha value is -0.350. The van der Waals surface area contributed by atoms with Crippen LogP contribution in [0.4, 0.5) is 0 Å². The molecule has 1 nitrogen and oxygen atoms in total. The molecule has 0 aliphatic heterocycles. The summed E-state index contributed by atoms with van der Waals surface area (Å²) in [4.78, 5) is 0.894. The van der Waals surface area contributed by atoms with Gasteiger partial charge in [0.15, 0.2) is 0 Å². The molecule has 18 heavy (non-hydrogen) atoms. The number of thiophene rings is 1. The van der Waals surface area contributed by atoms with Crippen LogP contribution in [-0.2, 0) is 6.42 Å². The minimum absolute atomic E-state index is 0.499. The first-order valence-corrected chi connectivity index (χ1v) is 7.65. The molecule has 0 fully saturated rings. The van der Waals surface area contributed by atoms with Gasteiger partial charge in [-0.15, -0.1) is 11.3 Å². The Bertz CT molecular complexity index is 545. The predicted octanol–water partition coefficient (Wildman–Crippen LogP) is 5.06. The summed E-state index contributed by atoms with van der Waals surface area (Å²) < 4.78 is 0.873. The van der Waals surface area contributed by atoms with Crippen LogP contribution in [0.2, 0.25) is 5.02 Å². The highest BCUT2D eigenvalue weighted by atomic mass is 79.9. The van der Waals surface area contributed by atoms with Crippen molar-refractivity contribution in [2.45, 2.75) is 26.4 Å². The van der Waals surface area contributed by atoms with E-state index in [1.807, 2.05) is 6.07 Å². The molecule has 1 aromatic carbocycles. The van der Waals surface area contributed by atoms with Gasteiger partial charge in [-0.1, -0.05) is 29.8 Å². The number of rotatable bonds is 3. The van der Waals surface area contributed by atoms with Gasteiger partial charge in [0.05, 0.1) is 14.9 Å². The van der Waals surface area contributed by atoms with Gasteiger partial charge in [-0.3, -0.25) is 0 Å². The van der Waals surface area contributed by atoms with Crippen molar-refractivity contribution in [2.75, 3.05) is 0 Å². The van der Waals surface area contributed by atoms with Crippen LogP contribution in [0.25, 0.3) is 0 Å². The molecule has 2 aromatic rings. The van der Waals surface area contributed by atoms with Crippen molar-refractivity contribution in [1.82, 2.24) is 0 Å². The minimum atomic E-state index is -0.499. The zero-order chi connectivity index (χ0) is 13.3. The molecule has 1 atom stereocenters. The second kappa shape index (κ2) is 5.74. The third-order valence-corrected chi connectivity index (χ3v) is 5.57. The van der Waals surface area contributed by atoms with E-state index in [2.05, 4.69) is 48.0 Å². The minimum Gasteiger partial charge on any atom is -0.387 e. The van der Waals surface area contributed by atoms with Gasteiger partial charge in [0.2, 0.25) is 0 Å². The lowest BCUT2D eigenvalue weighted by Crippen LogP contribution is -2.00. The van der Waals surface area contributed by atoms with Crippen molar-refractivity contribution in [3.05, 3.63) is 54.6 Å². The summed E-state index contributed by atoms with van der Waals surface area (Å²) >= 11 is 10.8. The molecule has 96 valence electrons. The maximum absolute atomic E-state index is 10.2. The molecule has 0 bridgehead atoms. The van der Waals surface area contributed by atoms with Gasteiger partial charge in [-0.05, 0) is 52.5 Å². The van der Waals surface area contributed by atoms with Gasteiger partial charge in [0.25, 0.3) is 0 Å². The average molecular weight is 346 g/mol. The fourth-order valence-corrected chi connectivity index (χ4v) is 3.51. The third-order valence-electron chi connectivity index (χ3n) is 2.99. The van der Waals surface area contributed by atoms with E-state index in [4.69, 9.17) is 11.6 Å². The lowest BCUT2D eigenvalue weighted by molar-refractivity contribution is 0.182. The number of hydrogen-bond donors (Lipinski definition) is 1. The highest BCUT2D eigenvalue weighted by Crippen LogP contribution is 2.36. The molecule has 0 amide bonds. The maximum atomic E-state index is 10.2. The molecule has 1 heterocycles. The van der Waals surface area contributed by atoms with E-state index in [0.29, 0.717) is 11.4 Å². The molecule has 0 radical (unpaired) electrons. The van der Waals surface area contributed by atoms with Crippen molar-refractivity contribution in [3.8, 4) is 0 Å². The normalized spacial score (nSPS) is 12.7. The van der Waals surface area contributed by atoms with Crippen molar-refractivity contribution >= 4 is 38.9 Å². The first-order valence-electron chi connectivity index (χ1n) is 5.66. The summed E-state index contributed by atoms with van der Waals surface area (Å²) in [6.45, 7) is 4.18. The van der Waals surface area contributed by atoms with Gasteiger partial charge in [0, 0.05) is 11.3 Å². The Balaban J connectivity index is 2.15. The smallest absolute Gasteiger partial charge is 0.0923 e. The fraction of sp³-hybridized carbons (Fsp3) is 0.286. The van der Waals surface area contributed by atoms with Crippen molar-refractivity contribution in [2.24, 2.45) is 0 Å². The number of benzene rings is 1. The molecule has 1 aromatic heterocycles. The van der Waals surface area contributed by atoms with Crippen molar-refractivity contribution in [1.29, 1.82) is 0 Å².